The van der Waals surface area contributed by atoms with Gasteiger partial charge in [-0.15, -0.1) is 0 Å². The van der Waals surface area contributed by atoms with Crippen LogP contribution >= 0.6 is 0 Å². The van der Waals surface area contributed by atoms with Crippen molar-refractivity contribution in [2.75, 3.05) is 26.2 Å². The molecule has 0 bridgehead atoms. The summed E-state index contributed by atoms with van der Waals surface area (Å²) < 4.78 is 0. The molecular formula is C17H29N3O2. The number of nitrogens with one attached hydrogen (secondary N) is 1. The van der Waals surface area contributed by atoms with Gasteiger partial charge < -0.3 is 15.1 Å². The van der Waals surface area contributed by atoms with E-state index in [1.165, 1.54) is 32.1 Å². The Morgan fingerprint density at radius 2 is 1.27 bits per heavy atom. The molecule has 1 aliphatic heterocycles. The number of rotatable bonds is 2. The predicted molar refractivity (Wildman–Crippen MR) is 85.5 cm³/mol. The molecule has 2 aliphatic carbocycles. The number of hydrogen-bond donors (Lipinski definition) is 1. The maximum absolute atomic E-state index is 12.4. The van der Waals surface area contributed by atoms with Crippen LogP contribution < -0.4 is 5.32 Å². The fourth-order valence-corrected chi connectivity index (χ4v) is 4.07. The summed E-state index contributed by atoms with van der Waals surface area (Å²) in [5.74, 6) is 0.576. The van der Waals surface area contributed by atoms with Crippen LogP contribution in [0.2, 0.25) is 0 Å². The highest BCUT2D eigenvalue weighted by molar-refractivity contribution is 5.80. The molecule has 0 aromatic carbocycles. The highest BCUT2D eigenvalue weighted by Crippen LogP contribution is 2.27. The van der Waals surface area contributed by atoms with Gasteiger partial charge in [0.05, 0.1) is 0 Å². The molecular weight excluding hydrogens is 278 g/mol. The first-order valence-electron chi connectivity index (χ1n) is 9.08. The quantitative estimate of drug-likeness (QED) is 0.851. The van der Waals surface area contributed by atoms with Crippen molar-refractivity contribution in [3.8, 4) is 0 Å². The minimum atomic E-state index is 0.0693. The van der Waals surface area contributed by atoms with Gasteiger partial charge in [0.15, 0.2) is 0 Å². The third-order valence-electron chi connectivity index (χ3n) is 5.52. The largest absolute Gasteiger partial charge is 0.339 e. The number of carbonyl (C=O) groups excluding carboxylic acids is 2. The Balaban J connectivity index is 1.42. The van der Waals surface area contributed by atoms with Gasteiger partial charge in [0.1, 0.15) is 0 Å². The van der Waals surface area contributed by atoms with E-state index in [0.717, 1.165) is 25.7 Å². The van der Waals surface area contributed by atoms with E-state index in [2.05, 4.69) is 5.32 Å². The van der Waals surface area contributed by atoms with Crippen molar-refractivity contribution in [3.63, 3.8) is 0 Å². The molecule has 0 spiro atoms. The molecule has 5 nitrogen and oxygen atoms in total. The molecule has 1 N–H and O–H groups in total. The first kappa shape index (κ1) is 15.6. The summed E-state index contributed by atoms with van der Waals surface area (Å²) in [6.45, 7) is 2.76. The van der Waals surface area contributed by atoms with Crippen LogP contribution in [0, 0.1) is 5.92 Å². The molecule has 124 valence electrons. The van der Waals surface area contributed by atoms with E-state index in [4.69, 9.17) is 0 Å². The summed E-state index contributed by atoms with van der Waals surface area (Å²) in [4.78, 5) is 28.6. The molecule has 0 aromatic rings. The van der Waals surface area contributed by atoms with Gasteiger partial charge in [-0.3, -0.25) is 4.79 Å². The Kier molecular flexibility index (Phi) is 5.21. The fraction of sp³-hybridized carbons (Fsp3) is 0.882. The second-order valence-electron chi connectivity index (χ2n) is 7.08. The molecule has 1 heterocycles. The Morgan fingerprint density at radius 1 is 0.727 bits per heavy atom. The molecule has 3 rings (SSSR count). The van der Waals surface area contributed by atoms with Crippen molar-refractivity contribution in [3.05, 3.63) is 0 Å². The maximum atomic E-state index is 12.4. The lowest BCUT2D eigenvalue weighted by molar-refractivity contribution is -0.136. The van der Waals surface area contributed by atoms with E-state index in [1.54, 1.807) is 0 Å². The smallest absolute Gasteiger partial charge is 0.317 e. The molecule has 0 aromatic heterocycles. The minimum absolute atomic E-state index is 0.0693. The predicted octanol–water partition coefficient (Wildman–Crippen LogP) is 2.36. The molecule has 0 radical (unpaired) electrons. The van der Waals surface area contributed by atoms with E-state index in [0.29, 0.717) is 38.1 Å². The molecule has 0 atom stereocenters. The van der Waals surface area contributed by atoms with Crippen molar-refractivity contribution < 1.29 is 9.59 Å². The third-order valence-corrected chi connectivity index (χ3v) is 5.52. The number of carbonyl (C=O) groups is 2. The number of hydrogen-bond acceptors (Lipinski definition) is 2. The number of nitrogens with zero attached hydrogens (tertiary/aromatic N) is 2. The van der Waals surface area contributed by atoms with Gasteiger partial charge in [-0.1, -0.05) is 32.1 Å². The van der Waals surface area contributed by atoms with Crippen LogP contribution in [0.1, 0.15) is 57.8 Å². The van der Waals surface area contributed by atoms with Crippen molar-refractivity contribution in [1.29, 1.82) is 0 Å². The standard InChI is InChI=1S/C17H29N3O2/c21-16(14-6-4-5-7-14)19-10-12-20(13-11-19)17(22)18-15-8-2-1-3-9-15/h14-15H,1-13H2,(H,18,22). The molecule has 3 fully saturated rings. The summed E-state index contributed by atoms with van der Waals surface area (Å²) in [5.41, 5.74) is 0. The highest BCUT2D eigenvalue weighted by atomic mass is 16.2. The molecule has 1 saturated heterocycles. The Hall–Kier alpha value is -1.26. The molecule has 5 heteroatoms. The van der Waals surface area contributed by atoms with Crippen LogP contribution in [0.3, 0.4) is 0 Å². The third kappa shape index (κ3) is 3.73. The van der Waals surface area contributed by atoms with Gasteiger partial charge in [-0.25, -0.2) is 4.79 Å². The van der Waals surface area contributed by atoms with Gasteiger partial charge >= 0.3 is 6.03 Å². The second kappa shape index (κ2) is 7.34. The highest BCUT2D eigenvalue weighted by Gasteiger charge is 2.30. The molecule has 3 aliphatic rings. The van der Waals surface area contributed by atoms with E-state index in [1.807, 2.05) is 9.80 Å². The van der Waals surface area contributed by atoms with Crippen molar-refractivity contribution in [1.82, 2.24) is 15.1 Å². The summed E-state index contributed by atoms with van der Waals surface area (Å²) >= 11 is 0. The minimum Gasteiger partial charge on any atom is -0.339 e. The zero-order valence-electron chi connectivity index (χ0n) is 13.6. The van der Waals surface area contributed by atoms with Crippen LogP contribution in [-0.4, -0.2) is 54.0 Å². The Bertz CT molecular complexity index is 393. The molecule has 0 unspecified atom stereocenters. The van der Waals surface area contributed by atoms with Gasteiger partial charge in [0.2, 0.25) is 5.91 Å². The average Bonchev–Trinajstić information content (AvgIpc) is 3.10. The molecule has 2 saturated carbocycles. The zero-order valence-corrected chi connectivity index (χ0v) is 13.6. The maximum Gasteiger partial charge on any atom is 0.317 e. The van der Waals surface area contributed by atoms with Gasteiger partial charge in [-0.2, -0.15) is 0 Å². The molecule has 22 heavy (non-hydrogen) atoms. The van der Waals surface area contributed by atoms with Gasteiger partial charge in [-0.05, 0) is 25.7 Å². The van der Waals surface area contributed by atoms with Crippen molar-refractivity contribution >= 4 is 11.9 Å². The Labute approximate surface area is 133 Å². The fourth-order valence-electron chi connectivity index (χ4n) is 4.07. The van der Waals surface area contributed by atoms with E-state index in [9.17, 15) is 9.59 Å². The summed E-state index contributed by atoms with van der Waals surface area (Å²) in [7, 11) is 0. The second-order valence-corrected chi connectivity index (χ2v) is 7.08. The van der Waals surface area contributed by atoms with Crippen molar-refractivity contribution in [2.24, 2.45) is 5.92 Å². The zero-order chi connectivity index (χ0) is 15.4. The van der Waals surface area contributed by atoms with E-state index >= 15 is 0 Å². The van der Waals surface area contributed by atoms with Crippen LogP contribution in [0.5, 0.6) is 0 Å². The normalized spacial score (nSPS) is 24.5. The number of piperazine rings is 1. The monoisotopic (exact) mass is 307 g/mol. The van der Waals surface area contributed by atoms with Crippen molar-refractivity contribution in [2.45, 2.75) is 63.8 Å². The van der Waals surface area contributed by atoms with Crippen LogP contribution in [0.15, 0.2) is 0 Å². The lowest BCUT2D eigenvalue weighted by Gasteiger charge is -2.37. The van der Waals surface area contributed by atoms with Gasteiger partial charge in [0, 0.05) is 38.1 Å². The van der Waals surface area contributed by atoms with Gasteiger partial charge in [0.25, 0.3) is 0 Å². The number of urea groups is 1. The number of amides is 3. The summed E-state index contributed by atoms with van der Waals surface area (Å²) in [5, 5.41) is 3.17. The van der Waals surface area contributed by atoms with Crippen LogP contribution in [0.4, 0.5) is 4.79 Å². The van der Waals surface area contributed by atoms with Crippen LogP contribution in [0.25, 0.3) is 0 Å². The first-order valence-corrected chi connectivity index (χ1v) is 9.08. The first-order chi connectivity index (χ1) is 10.7. The SMILES string of the molecule is O=C(NC1CCCCC1)N1CCN(C(=O)C2CCCC2)CC1. The van der Waals surface area contributed by atoms with E-state index in [-0.39, 0.29) is 11.9 Å². The lowest BCUT2D eigenvalue weighted by Crippen LogP contribution is -2.55. The summed E-state index contributed by atoms with van der Waals surface area (Å²) in [6.07, 6.45) is 10.5. The van der Waals surface area contributed by atoms with Crippen LogP contribution in [-0.2, 0) is 4.79 Å². The topological polar surface area (TPSA) is 52.7 Å². The van der Waals surface area contributed by atoms with E-state index < -0.39 is 0 Å². The Morgan fingerprint density at radius 3 is 1.91 bits per heavy atom. The average molecular weight is 307 g/mol. The summed E-state index contributed by atoms with van der Waals surface area (Å²) in [6, 6.07) is 0.430. The molecule has 3 amide bonds. The lowest BCUT2D eigenvalue weighted by atomic mass is 9.96.